The molecule has 10 heteroatoms. The first-order chi connectivity index (χ1) is 21.5. The Kier molecular flexibility index (Phi) is 28.5. The Morgan fingerprint density at radius 3 is 1.42 bits per heavy atom. The lowest BCUT2D eigenvalue weighted by Crippen LogP contribution is -2.37. The highest BCUT2D eigenvalue weighted by Crippen LogP contribution is 2.43. The van der Waals surface area contributed by atoms with E-state index in [2.05, 4.69) is 13.8 Å². The second-order valence-corrected chi connectivity index (χ2v) is 15.1. The van der Waals surface area contributed by atoms with E-state index in [4.69, 9.17) is 18.5 Å². The molecule has 0 saturated carbocycles. The SMILES string of the molecule is CCCCCCCCCCCCCCCCC(=O)O[C@H](COC(=O)CCCCCCCCC)COP(=O)(O)OCC[N+](C)(C)C. The average Bonchev–Trinajstić information content (AvgIpc) is 2.97. The van der Waals surface area contributed by atoms with Gasteiger partial charge < -0.3 is 18.9 Å². The smallest absolute Gasteiger partial charge is 0.462 e. The van der Waals surface area contributed by atoms with Gasteiger partial charge in [0.2, 0.25) is 0 Å². The van der Waals surface area contributed by atoms with Crippen LogP contribution in [0.5, 0.6) is 0 Å². The molecule has 0 spiro atoms. The maximum Gasteiger partial charge on any atom is 0.472 e. The molecular weight excluding hydrogens is 593 g/mol. The second kappa shape index (κ2) is 29.2. The maximum atomic E-state index is 12.6. The zero-order valence-electron chi connectivity index (χ0n) is 29.9. The normalized spacial score (nSPS) is 13.8. The Morgan fingerprint density at radius 1 is 0.600 bits per heavy atom. The van der Waals surface area contributed by atoms with Crippen LogP contribution in [0.2, 0.25) is 0 Å². The minimum Gasteiger partial charge on any atom is -0.462 e. The van der Waals surface area contributed by atoms with Crippen LogP contribution in [0.15, 0.2) is 0 Å². The van der Waals surface area contributed by atoms with Crippen LogP contribution >= 0.6 is 7.82 Å². The Labute approximate surface area is 276 Å². The fourth-order valence-electron chi connectivity index (χ4n) is 4.95. The summed E-state index contributed by atoms with van der Waals surface area (Å²) in [5.74, 6) is -0.799. The van der Waals surface area contributed by atoms with Gasteiger partial charge in [-0.1, -0.05) is 136 Å². The lowest BCUT2D eigenvalue weighted by molar-refractivity contribution is -0.870. The molecule has 268 valence electrons. The standard InChI is InChI=1S/C35H70NO8P/c1-6-8-10-12-14-15-16-17-18-19-20-22-24-26-28-35(38)44-33(32-43-45(39,40)42-30-29-36(3,4)5)31-41-34(37)27-25-23-21-13-11-9-7-2/h33H,6-32H2,1-5H3/p+1/t33-/m1/s1. The third-order valence-electron chi connectivity index (χ3n) is 7.89. The monoisotopic (exact) mass is 664 g/mol. The first-order valence-corrected chi connectivity index (χ1v) is 19.8. The first-order valence-electron chi connectivity index (χ1n) is 18.3. The van der Waals surface area contributed by atoms with Crippen molar-refractivity contribution in [2.45, 2.75) is 168 Å². The van der Waals surface area contributed by atoms with E-state index in [1.165, 1.54) is 96.3 Å². The summed E-state index contributed by atoms with van der Waals surface area (Å²) in [6, 6.07) is 0. The van der Waals surface area contributed by atoms with Crippen molar-refractivity contribution in [2.24, 2.45) is 0 Å². The van der Waals surface area contributed by atoms with Gasteiger partial charge >= 0.3 is 19.8 Å². The van der Waals surface area contributed by atoms with Gasteiger partial charge in [-0.15, -0.1) is 0 Å². The molecule has 0 rings (SSSR count). The van der Waals surface area contributed by atoms with Crippen LogP contribution in [0, 0.1) is 0 Å². The molecule has 0 aromatic rings. The van der Waals surface area contributed by atoms with Gasteiger partial charge in [-0.05, 0) is 12.8 Å². The summed E-state index contributed by atoms with van der Waals surface area (Å²) in [7, 11) is 1.48. The maximum absolute atomic E-state index is 12.6. The van der Waals surface area contributed by atoms with Crippen molar-refractivity contribution in [3.8, 4) is 0 Å². The van der Waals surface area contributed by atoms with Crippen LogP contribution in [0.1, 0.15) is 162 Å². The van der Waals surface area contributed by atoms with E-state index in [9.17, 15) is 19.0 Å². The number of hydrogen-bond donors (Lipinski definition) is 1. The van der Waals surface area contributed by atoms with Crippen molar-refractivity contribution in [3.05, 3.63) is 0 Å². The van der Waals surface area contributed by atoms with Crippen molar-refractivity contribution in [2.75, 3.05) is 47.5 Å². The Hall–Kier alpha value is -0.990. The number of phosphoric acid groups is 1. The fourth-order valence-corrected chi connectivity index (χ4v) is 5.70. The minimum absolute atomic E-state index is 0.0360. The lowest BCUT2D eigenvalue weighted by Gasteiger charge is -2.24. The number of rotatable bonds is 33. The van der Waals surface area contributed by atoms with Gasteiger partial charge in [0.25, 0.3) is 0 Å². The van der Waals surface area contributed by atoms with Crippen LogP contribution in [0.3, 0.4) is 0 Å². The van der Waals surface area contributed by atoms with Crippen molar-refractivity contribution < 1.29 is 42.1 Å². The summed E-state index contributed by atoms with van der Waals surface area (Å²) in [6.07, 6.45) is 24.5. The summed E-state index contributed by atoms with van der Waals surface area (Å²) in [5.41, 5.74) is 0. The number of likely N-dealkylation sites (N-methyl/N-ethyl adjacent to an activating group) is 1. The minimum atomic E-state index is -4.35. The summed E-state index contributed by atoms with van der Waals surface area (Å²) in [5, 5.41) is 0. The van der Waals surface area contributed by atoms with Gasteiger partial charge in [0, 0.05) is 12.8 Å². The molecule has 45 heavy (non-hydrogen) atoms. The van der Waals surface area contributed by atoms with E-state index in [-0.39, 0.29) is 25.6 Å². The number of carbonyl (C=O) groups is 2. The number of nitrogens with zero attached hydrogens (tertiary/aromatic N) is 1. The number of carbonyl (C=O) groups excluding carboxylic acids is 2. The van der Waals surface area contributed by atoms with E-state index < -0.39 is 26.5 Å². The highest BCUT2D eigenvalue weighted by Gasteiger charge is 2.27. The van der Waals surface area contributed by atoms with Crippen LogP contribution in [-0.4, -0.2) is 74.9 Å². The van der Waals surface area contributed by atoms with Gasteiger partial charge in [-0.25, -0.2) is 4.57 Å². The van der Waals surface area contributed by atoms with Gasteiger partial charge in [0.05, 0.1) is 27.7 Å². The Balaban J connectivity index is 4.39. The zero-order chi connectivity index (χ0) is 33.7. The Morgan fingerprint density at radius 2 is 1.00 bits per heavy atom. The number of phosphoric ester groups is 1. The molecule has 0 aliphatic carbocycles. The molecule has 2 atom stereocenters. The molecule has 0 aromatic heterocycles. The molecule has 0 heterocycles. The average molecular weight is 665 g/mol. The predicted octanol–water partition coefficient (Wildman–Crippen LogP) is 9.29. The van der Waals surface area contributed by atoms with Crippen LogP contribution in [-0.2, 0) is 32.7 Å². The predicted molar refractivity (Wildman–Crippen MR) is 183 cm³/mol. The zero-order valence-corrected chi connectivity index (χ0v) is 30.8. The Bertz CT molecular complexity index is 758. The molecule has 0 aliphatic rings. The van der Waals surface area contributed by atoms with E-state index in [1.54, 1.807) is 0 Å². The molecule has 0 amide bonds. The summed E-state index contributed by atoms with van der Waals surface area (Å²) >= 11 is 0. The highest BCUT2D eigenvalue weighted by atomic mass is 31.2. The quantitative estimate of drug-likeness (QED) is 0.0320. The van der Waals surface area contributed by atoms with Crippen LogP contribution in [0.25, 0.3) is 0 Å². The molecule has 0 aromatic carbocycles. The van der Waals surface area contributed by atoms with E-state index >= 15 is 0 Å². The molecule has 9 nitrogen and oxygen atoms in total. The summed E-state index contributed by atoms with van der Waals surface area (Å²) < 4.78 is 34.0. The van der Waals surface area contributed by atoms with E-state index in [1.807, 2.05) is 21.1 Å². The molecule has 1 unspecified atom stereocenters. The highest BCUT2D eigenvalue weighted by molar-refractivity contribution is 7.47. The molecule has 0 aliphatic heterocycles. The largest absolute Gasteiger partial charge is 0.472 e. The van der Waals surface area contributed by atoms with Gasteiger partial charge in [-0.3, -0.25) is 18.6 Å². The van der Waals surface area contributed by atoms with Gasteiger partial charge in [0.15, 0.2) is 6.10 Å². The third kappa shape index (κ3) is 32.7. The summed E-state index contributed by atoms with van der Waals surface area (Å²) in [4.78, 5) is 34.9. The van der Waals surface area contributed by atoms with Gasteiger partial charge in [-0.2, -0.15) is 0 Å². The first kappa shape index (κ1) is 44.0. The van der Waals surface area contributed by atoms with Crippen LogP contribution in [0.4, 0.5) is 0 Å². The van der Waals surface area contributed by atoms with Crippen molar-refractivity contribution >= 4 is 19.8 Å². The van der Waals surface area contributed by atoms with Crippen molar-refractivity contribution in [1.29, 1.82) is 0 Å². The molecule has 0 fully saturated rings. The van der Waals surface area contributed by atoms with E-state index in [0.29, 0.717) is 17.4 Å². The molecule has 1 N–H and O–H groups in total. The lowest BCUT2D eigenvalue weighted by atomic mass is 10.0. The molecule has 0 bridgehead atoms. The number of hydrogen-bond acceptors (Lipinski definition) is 7. The second-order valence-electron chi connectivity index (χ2n) is 13.6. The topological polar surface area (TPSA) is 108 Å². The van der Waals surface area contributed by atoms with Crippen LogP contribution < -0.4 is 0 Å². The molecule has 0 saturated heterocycles. The fraction of sp³-hybridized carbons (Fsp3) is 0.943. The molecule has 0 radical (unpaired) electrons. The van der Waals surface area contributed by atoms with Crippen molar-refractivity contribution in [3.63, 3.8) is 0 Å². The number of ether oxygens (including phenoxy) is 2. The molecular formula is C35H71NO8P+. The number of unbranched alkanes of at least 4 members (excludes halogenated alkanes) is 19. The van der Waals surface area contributed by atoms with Gasteiger partial charge in [0.1, 0.15) is 19.8 Å². The van der Waals surface area contributed by atoms with E-state index in [0.717, 1.165) is 38.5 Å². The summed E-state index contributed by atoms with van der Waals surface area (Å²) in [6.45, 7) is 4.37. The third-order valence-corrected chi connectivity index (χ3v) is 8.87. The van der Waals surface area contributed by atoms with Crippen molar-refractivity contribution in [1.82, 2.24) is 0 Å². The number of quaternary nitrogens is 1. The number of esters is 2.